The number of aromatic nitrogens is 1. The van der Waals surface area contributed by atoms with Crippen LogP contribution in [0.1, 0.15) is 36.7 Å². The van der Waals surface area contributed by atoms with Gasteiger partial charge in [-0.15, -0.1) is 0 Å². The normalized spacial score (nSPS) is 8.64. The Balaban J connectivity index is 0.000000791. The molecular weight excluding hydrogens is 176 g/mol. The fraction of sp³-hybridized carbons (Fsp3) is 0.455. The molecule has 1 heterocycles. The van der Waals surface area contributed by atoms with E-state index in [-0.39, 0.29) is 5.78 Å². The number of pyridine rings is 1. The van der Waals surface area contributed by atoms with E-state index in [1.165, 1.54) is 0 Å². The number of nitrogens with one attached hydrogen (secondary N) is 1. The molecule has 0 spiro atoms. The van der Waals surface area contributed by atoms with Crippen molar-refractivity contribution in [2.45, 2.75) is 27.7 Å². The standard InChI is InChI=1S/C9H12N2O.C2H6/c1-6-5-11-9(10-3)4-8(6)7(2)12;1-2/h4-5H,1-3H3,(H,10,11);1-2H3. The molecule has 14 heavy (non-hydrogen) atoms. The molecule has 0 aliphatic carbocycles. The number of carbonyl (C=O) groups excluding carboxylic acids is 1. The first kappa shape index (κ1) is 12.6. The topological polar surface area (TPSA) is 42.0 Å². The van der Waals surface area contributed by atoms with E-state index in [9.17, 15) is 4.79 Å². The number of nitrogens with zero attached hydrogens (tertiary/aromatic N) is 1. The van der Waals surface area contributed by atoms with Gasteiger partial charge in [-0.3, -0.25) is 4.79 Å². The van der Waals surface area contributed by atoms with Crippen LogP contribution in [-0.4, -0.2) is 17.8 Å². The number of anilines is 1. The number of aryl methyl sites for hydroxylation is 1. The van der Waals surface area contributed by atoms with Crippen molar-refractivity contribution in [2.75, 3.05) is 12.4 Å². The predicted molar refractivity (Wildman–Crippen MR) is 59.9 cm³/mol. The lowest BCUT2D eigenvalue weighted by atomic mass is 10.1. The van der Waals surface area contributed by atoms with Crippen LogP contribution in [0.2, 0.25) is 0 Å². The van der Waals surface area contributed by atoms with Crippen LogP contribution in [0, 0.1) is 6.92 Å². The highest BCUT2D eigenvalue weighted by molar-refractivity contribution is 5.96. The molecule has 0 unspecified atom stereocenters. The van der Waals surface area contributed by atoms with E-state index in [2.05, 4.69) is 10.3 Å². The third-order valence-corrected chi connectivity index (χ3v) is 1.74. The van der Waals surface area contributed by atoms with Crippen molar-refractivity contribution in [1.29, 1.82) is 0 Å². The summed E-state index contributed by atoms with van der Waals surface area (Å²) in [4.78, 5) is 15.2. The number of hydrogen-bond donors (Lipinski definition) is 1. The molecule has 0 bridgehead atoms. The van der Waals surface area contributed by atoms with Crippen molar-refractivity contribution in [3.05, 3.63) is 23.4 Å². The second kappa shape index (κ2) is 6.13. The highest BCUT2D eigenvalue weighted by atomic mass is 16.1. The van der Waals surface area contributed by atoms with Gasteiger partial charge in [-0.1, -0.05) is 13.8 Å². The van der Waals surface area contributed by atoms with Gasteiger partial charge in [0.2, 0.25) is 0 Å². The van der Waals surface area contributed by atoms with Crippen molar-refractivity contribution in [1.82, 2.24) is 4.98 Å². The molecule has 0 saturated carbocycles. The molecule has 0 saturated heterocycles. The van der Waals surface area contributed by atoms with Crippen molar-refractivity contribution in [2.24, 2.45) is 0 Å². The number of carbonyl (C=O) groups is 1. The number of hydrogen-bond acceptors (Lipinski definition) is 3. The predicted octanol–water partition coefficient (Wildman–Crippen LogP) is 2.66. The Morgan fingerprint density at radius 3 is 2.43 bits per heavy atom. The summed E-state index contributed by atoms with van der Waals surface area (Å²) in [7, 11) is 1.78. The number of Topliss-reactive ketones (excluding diaryl/α,β-unsaturated/α-hetero) is 1. The highest BCUT2D eigenvalue weighted by Crippen LogP contribution is 2.11. The molecule has 1 N–H and O–H groups in total. The maximum absolute atomic E-state index is 11.1. The summed E-state index contributed by atoms with van der Waals surface area (Å²) in [6.45, 7) is 7.44. The molecule has 0 aliphatic heterocycles. The number of rotatable bonds is 2. The summed E-state index contributed by atoms with van der Waals surface area (Å²) in [5.41, 5.74) is 1.65. The number of ketones is 1. The summed E-state index contributed by atoms with van der Waals surface area (Å²) < 4.78 is 0. The average Bonchev–Trinajstić information content (AvgIpc) is 2.21. The molecule has 0 atom stereocenters. The zero-order chi connectivity index (χ0) is 11.1. The van der Waals surface area contributed by atoms with Crippen molar-refractivity contribution in [3.63, 3.8) is 0 Å². The fourth-order valence-corrected chi connectivity index (χ4v) is 1.04. The van der Waals surface area contributed by atoms with Gasteiger partial charge in [0, 0.05) is 18.8 Å². The Morgan fingerprint density at radius 1 is 1.43 bits per heavy atom. The van der Waals surface area contributed by atoms with E-state index >= 15 is 0 Å². The second-order valence-corrected chi connectivity index (χ2v) is 2.69. The van der Waals surface area contributed by atoms with E-state index < -0.39 is 0 Å². The zero-order valence-electron chi connectivity index (χ0n) is 9.51. The van der Waals surface area contributed by atoms with Gasteiger partial charge in [0.05, 0.1) is 0 Å². The monoisotopic (exact) mass is 194 g/mol. The minimum atomic E-state index is 0.0754. The van der Waals surface area contributed by atoms with Crippen molar-refractivity contribution in [3.8, 4) is 0 Å². The third kappa shape index (κ3) is 3.17. The lowest BCUT2D eigenvalue weighted by Gasteiger charge is -2.03. The maximum atomic E-state index is 11.1. The summed E-state index contributed by atoms with van der Waals surface area (Å²) in [5.74, 6) is 0.803. The minimum Gasteiger partial charge on any atom is -0.373 e. The van der Waals surface area contributed by atoms with E-state index in [1.807, 2.05) is 20.8 Å². The summed E-state index contributed by atoms with van der Waals surface area (Å²) in [6.07, 6.45) is 1.70. The van der Waals surface area contributed by atoms with Crippen molar-refractivity contribution < 1.29 is 4.79 Å². The van der Waals surface area contributed by atoms with Crippen LogP contribution in [0.3, 0.4) is 0 Å². The molecule has 1 aromatic heterocycles. The van der Waals surface area contributed by atoms with Crippen LogP contribution in [0.25, 0.3) is 0 Å². The smallest absolute Gasteiger partial charge is 0.160 e. The lowest BCUT2D eigenvalue weighted by Crippen LogP contribution is -2.00. The van der Waals surface area contributed by atoms with Crippen LogP contribution in [-0.2, 0) is 0 Å². The molecule has 3 heteroatoms. The molecule has 0 fully saturated rings. The van der Waals surface area contributed by atoms with Crippen LogP contribution in [0.4, 0.5) is 5.82 Å². The average molecular weight is 194 g/mol. The van der Waals surface area contributed by atoms with Gasteiger partial charge in [-0.05, 0) is 25.5 Å². The van der Waals surface area contributed by atoms with E-state index in [4.69, 9.17) is 0 Å². The Kier molecular flexibility index (Phi) is 5.53. The van der Waals surface area contributed by atoms with Gasteiger partial charge < -0.3 is 5.32 Å². The Hall–Kier alpha value is -1.38. The summed E-state index contributed by atoms with van der Waals surface area (Å²) >= 11 is 0. The fourth-order valence-electron chi connectivity index (χ4n) is 1.04. The summed E-state index contributed by atoms with van der Waals surface area (Å²) in [6, 6.07) is 1.76. The Morgan fingerprint density at radius 2 is 2.00 bits per heavy atom. The van der Waals surface area contributed by atoms with Crippen LogP contribution in [0.15, 0.2) is 12.3 Å². The van der Waals surface area contributed by atoms with Crippen molar-refractivity contribution >= 4 is 11.6 Å². The molecule has 0 aromatic carbocycles. The van der Waals surface area contributed by atoms with E-state index in [1.54, 1.807) is 26.2 Å². The van der Waals surface area contributed by atoms with Gasteiger partial charge in [-0.25, -0.2) is 4.98 Å². The van der Waals surface area contributed by atoms with Crippen LogP contribution < -0.4 is 5.32 Å². The largest absolute Gasteiger partial charge is 0.373 e. The molecule has 0 radical (unpaired) electrons. The molecule has 1 aromatic rings. The maximum Gasteiger partial charge on any atom is 0.160 e. The van der Waals surface area contributed by atoms with E-state index in [0.717, 1.165) is 16.9 Å². The van der Waals surface area contributed by atoms with Gasteiger partial charge in [0.1, 0.15) is 5.82 Å². The molecule has 78 valence electrons. The van der Waals surface area contributed by atoms with Gasteiger partial charge in [0.15, 0.2) is 5.78 Å². The lowest BCUT2D eigenvalue weighted by molar-refractivity contribution is 0.101. The molecule has 0 aliphatic rings. The zero-order valence-corrected chi connectivity index (χ0v) is 9.51. The molecule has 3 nitrogen and oxygen atoms in total. The van der Waals surface area contributed by atoms with Gasteiger partial charge in [0.25, 0.3) is 0 Å². The summed E-state index contributed by atoms with van der Waals surface area (Å²) in [5, 5.41) is 2.89. The SMILES string of the molecule is CC.CNc1cc(C(C)=O)c(C)cn1. The molecule has 1 rings (SSSR count). The minimum absolute atomic E-state index is 0.0754. The quantitative estimate of drug-likeness (QED) is 0.736. The van der Waals surface area contributed by atoms with Gasteiger partial charge in [-0.2, -0.15) is 0 Å². The first-order valence-corrected chi connectivity index (χ1v) is 4.80. The van der Waals surface area contributed by atoms with Gasteiger partial charge >= 0.3 is 0 Å². The third-order valence-electron chi connectivity index (χ3n) is 1.74. The Bertz CT molecular complexity index is 308. The second-order valence-electron chi connectivity index (χ2n) is 2.69. The van der Waals surface area contributed by atoms with Crippen LogP contribution >= 0.6 is 0 Å². The van der Waals surface area contributed by atoms with E-state index in [0.29, 0.717) is 0 Å². The Labute approximate surface area is 85.6 Å². The van der Waals surface area contributed by atoms with Crippen LogP contribution in [0.5, 0.6) is 0 Å². The molecular formula is C11H18N2O. The highest BCUT2D eigenvalue weighted by Gasteiger charge is 2.04. The molecule has 0 amide bonds. The first-order chi connectivity index (χ1) is 6.65. The first-order valence-electron chi connectivity index (χ1n) is 4.80.